The van der Waals surface area contributed by atoms with E-state index < -0.39 is 11.6 Å². The number of nitrogens with zero attached hydrogens (tertiary/aromatic N) is 1. The molecule has 0 bridgehead atoms. The summed E-state index contributed by atoms with van der Waals surface area (Å²) >= 11 is 1.28. The number of halogens is 3. The highest BCUT2D eigenvalue weighted by molar-refractivity contribution is 7.09. The van der Waals surface area contributed by atoms with Gasteiger partial charge in [0.05, 0.1) is 5.01 Å². The van der Waals surface area contributed by atoms with Gasteiger partial charge in [-0.05, 0) is 35.7 Å². The van der Waals surface area contributed by atoms with Crippen LogP contribution in [-0.4, -0.2) is 17.4 Å². The smallest absolute Gasteiger partial charge is 0.270 e. The topological polar surface area (TPSA) is 42.0 Å². The van der Waals surface area contributed by atoms with E-state index in [0.717, 1.165) is 6.07 Å². The summed E-state index contributed by atoms with van der Waals surface area (Å²) in [6.07, 6.45) is 0.611. The number of rotatable bonds is 6. The Morgan fingerprint density at radius 3 is 2.54 bits per heavy atom. The fourth-order valence-electron chi connectivity index (χ4n) is 2.47. The van der Waals surface area contributed by atoms with Gasteiger partial charge in [-0.15, -0.1) is 11.3 Å². The first kappa shape index (κ1) is 18.1. The number of carbonyl (C=O) groups is 1. The normalized spacial score (nSPS) is 10.7. The molecule has 26 heavy (non-hydrogen) atoms. The van der Waals surface area contributed by atoms with Gasteiger partial charge in [-0.1, -0.05) is 18.2 Å². The molecule has 0 saturated carbocycles. The number of aromatic nitrogens is 1. The fraction of sp³-hybridized carbons (Fsp3) is 0.158. The third-order valence-corrected chi connectivity index (χ3v) is 4.55. The molecule has 1 N–H and O–H groups in total. The van der Waals surface area contributed by atoms with Crippen molar-refractivity contribution in [1.82, 2.24) is 10.3 Å². The molecule has 2 aromatic carbocycles. The van der Waals surface area contributed by atoms with Crippen LogP contribution in [0.1, 0.15) is 26.6 Å². The molecule has 3 rings (SSSR count). The van der Waals surface area contributed by atoms with E-state index in [1.165, 1.54) is 29.5 Å². The number of benzene rings is 2. The van der Waals surface area contributed by atoms with Crippen LogP contribution in [0.3, 0.4) is 0 Å². The van der Waals surface area contributed by atoms with Crippen molar-refractivity contribution in [1.29, 1.82) is 0 Å². The molecule has 0 aliphatic rings. The van der Waals surface area contributed by atoms with Crippen molar-refractivity contribution in [2.75, 3.05) is 6.54 Å². The van der Waals surface area contributed by atoms with Crippen molar-refractivity contribution < 1.29 is 18.0 Å². The molecule has 0 saturated heterocycles. The Bertz CT molecular complexity index is 906. The SMILES string of the molecule is O=C(NCCc1cc(F)cc(F)c1)c1csc(Cc2ccccc2F)n1. The zero-order chi connectivity index (χ0) is 18.5. The maximum absolute atomic E-state index is 13.7. The largest absolute Gasteiger partial charge is 0.350 e. The quantitative estimate of drug-likeness (QED) is 0.703. The van der Waals surface area contributed by atoms with Gasteiger partial charge < -0.3 is 5.32 Å². The third-order valence-electron chi connectivity index (χ3n) is 3.71. The average Bonchev–Trinajstić information content (AvgIpc) is 3.05. The molecule has 0 radical (unpaired) electrons. The highest BCUT2D eigenvalue weighted by Gasteiger charge is 2.12. The maximum Gasteiger partial charge on any atom is 0.270 e. The van der Waals surface area contributed by atoms with E-state index in [1.807, 2.05) is 0 Å². The van der Waals surface area contributed by atoms with E-state index in [1.54, 1.807) is 23.6 Å². The van der Waals surface area contributed by atoms with Gasteiger partial charge in [-0.3, -0.25) is 4.79 Å². The number of hydrogen-bond donors (Lipinski definition) is 1. The van der Waals surface area contributed by atoms with Crippen LogP contribution in [0.25, 0.3) is 0 Å². The molecule has 0 aliphatic carbocycles. The van der Waals surface area contributed by atoms with E-state index in [0.29, 0.717) is 29.0 Å². The summed E-state index contributed by atoms with van der Waals surface area (Å²) in [5.74, 6) is -1.99. The van der Waals surface area contributed by atoms with Crippen molar-refractivity contribution >= 4 is 17.2 Å². The van der Waals surface area contributed by atoms with Crippen molar-refractivity contribution in [3.63, 3.8) is 0 Å². The molecule has 0 atom stereocenters. The molecule has 0 fully saturated rings. The van der Waals surface area contributed by atoms with Gasteiger partial charge >= 0.3 is 0 Å². The summed E-state index contributed by atoms with van der Waals surface area (Å²) in [7, 11) is 0. The zero-order valence-corrected chi connectivity index (χ0v) is 14.5. The molecule has 1 heterocycles. The molecule has 3 aromatic rings. The first-order valence-corrected chi connectivity index (χ1v) is 8.80. The summed E-state index contributed by atoms with van der Waals surface area (Å²) in [6, 6.07) is 9.67. The Labute approximate surface area is 152 Å². The van der Waals surface area contributed by atoms with Crippen molar-refractivity contribution in [2.24, 2.45) is 0 Å². The molecular formula is C19H15F3N2OS. The van der Waals surface area contributed by atoms with Crippen LogP contribution in [0, 0.1) is 17.5 Å². The Balaban J connectivity index is 1.55. The first-order chi connectivity index (χ1) is 12.5. The minimum absolute atomic E-state index is 0.224. The zero-order valence-electron chi connectivity index (χ0n) is 13.6. The van der Waals surface area contributed by atoms with Crippen molar-refractivity contribution in [3.8, 4) is 0 Å². The molecule has 0 spiro atoms. The number of amides is 1. The summed E-state index contributed by atoms with van der Waals surface area (Å²) in [5, 5.41) is 4.90. The van der Waals surface area contributed by atoms with Gasteiger partial charge in [0.2, 0.25) is 0 Å². The van der Waals surface area contributed by atoms with Gasteiger partial charge in [0.1, 0.15) is 23.1 Å². The standard InChI is InChI=1S/C19H15F3N2OS/c20-14-7-12(8-15(21)10-14)5-6-23-19(25)17-11-26-18(24-17)9-13-3-1-2-4-16(13)22/h1-4,7-8,10-11H,5-6,9H2,(H,23,25). The molecule has 3 nitrogen and oxygen atoms in total. The van der Waals surface area contributed by atoms with Crippen LogP contribution in [0.5, 0.6) is 0 Å². The van der Waals surface area contributed by atoms with E-state index >= 15 is 0 Å². The third kappa shape index (κ3) is 4.70. The van der Waals surface area contributed by atoms with Crippen molar-refractivity contribution in [3.05, 3.63) is 87.1 Å². The summed E-state index contributed by atoms with van der Waals surface area (Å²) in [6.45, 7) is 0.224. The van der Waals surface area contributed by atoms with Gasteiger partial charge in [0, 0.05) is 24.4 Å². The molecule has 7 heteroatoms. The molecule has 134 valence electrons. The lowest BCUT2D eigenvalue weighted by molar-refractivity contribution is 0.0949. The molecule has 0 aliphatic heterocycles. The van der Waals surface area contributed by atoms with Crippen LogP contribution in [0.15, 0.2) is 47.8 Å². The number of thiazole rings is 1. The van der Waals surface area contributed by atoms with Gasteiger partial charge in [-0.2, -0.15) is 0 Å². The van der Waals surface area contributed by atoms with E-state index in [4.69, 9.17) is 0 Å². The maximum atomic E-state index is 13.7. The van der Waals surface area contributed by atoms with Crippen LogP contribution in [0.2, 0.25) is 0 Å². The van der Waals surface area contributed by atoms with Crippen LogP contribution < -0.4 is 5.32 Å². The molecule has 0 unspecified atom stereocenters. The average molecular weight is 376 g/mol. The Hall–Kier alpha value is -2.67. The Morgan fingerprint density at radius 2 is 1.81 bits per heavy atom. The lowest BCUT2D eigenvalue weighted by Crippen LogP contribution is -2.26. The van der Waals surface area contributed by atoms with Crippen LogP contribution in [-0.2, 0) is 12.8 Å². The minimum Gasteiger partial charge on any atom is -0.350 e. The van der Waals surface area contributed by atoms with Gasteiger partial charge in [0.15, 0.2) is 0 Å². The second kappa shape index (κ2) is 8.14. The molecular weight excluding hydrogens is 361 g/mol. The second-order valence-corrected chi connectivity index (χ2v) is 6.62. The molecule has 1 amide bonds. The lowest BCUT2D eigenvalue weighted by Gasteiger charge is -2.04. The van der Waals surface area contributed by atoms with E-state index in [2.05, 4.69) is 10.3 Å². The number of carbonyl (C=O) groups excluding carboxylic acids is 1. The van der Waals surface area contributed by atoms with E-state index in [-0.39, 0.29) is 24.0 Å². The lowest BCUT2D eigenvalue weighted by atomic mass is 10.1. The number of hydrogen-bond acceptors (Lipinski definition) is 3. The highest BCUT2D eigenvalue weighted by Crippen LogP contribution is 2.17. The minimum atomic E-state index is -0.649. The predicted octanol–water partition coefficient (Wildman–Crippen LogP) is 4.12. The predicted molar refractivity (Wildman–Crippen MR) is 93.7 cm³/mol. The summed E-state index contributed by atoms with van der Waals surface area (Å²) < 4.78 is 39.9. The van der Waals surface area contributed by atoms with Gasteiger partial charge in [-0.25, -0.2) is 18.2 Å². The number of nitrogens with one attached hydrogen (secondary N) is 1. The molecule has 1 aromatic heterocycles. The van der Waals surface area contributed by atoms with Crippen LogP contribution >= 0.6 is 11.3 Å². The van der Waals surface area contributed by atoms with Crippen molar-refractivity contribution in [2.45, 2.75) is 12.8 Å². The second-order valence-electron chi connectivity index (χ2n) is 5.68. The van der Waals surface area contributed by atoms with Gasteiger partial charge in [0.25, 0.3) is 5.91 Å². The monoisotopic (exact) mass is 376 g/mol. The summed E-state index contributed by atoms with van der Waals surface area (Å²) in [4.78, 5) is 16.3. The Morgan fingerprint density at radius 1 is 1.08 bits per heavy atom. The fourth-order valence-corrected chi connectivity index (χ4v) is 3.26. The summed E-state index contributed by atoms with van der Waals surface area (Å²) in [5.41, 5.74) is 1.22. The van der Waals surface area contributed by atoms with Crippen LogP contribution in [0.4, 0.5) is 13.2 Å². The highest BCUT2D eigenvalue weighted by atomic mass is 32.1. The van der Waals surface area contributed by atoms with E-state index in [9.17, 15) is 18.0 Å². The Kier molecular flexibility index (Phi) is 5.68. The first-order valence-electron chi connectivity index (χ1n) is 7.92.